The Morgan fingerprint density at radius 3 is 2.72 bits per heavy atom. The molecule has 0 fully saturated rings. The fraction of sp³-hybridized carbons (Fsp3) is 0.462. The van der Waals surface area contributed by atoms with Crippen LogP contribution in [0.4, 0.5) is 0 Å². The number of likely N-dealkylation sites (N-methyl/N-ethyl adjacent to an activating group) is 1. The Morgan fingerprint density at radius 1 is 1.44 bits per heavy atom. The van der Waals surface area contributed by atoms with Crippen LogP contribution in [0.25, 0.3) is 0 Å². The lowest BCUT2D eigenvalue weighted by molar-refractivity contribution is 0.357. The molecule has 1 aliphatic heterocycles. The molecule has 1 aromatic rings. The Bertz CT molecular complexity index is 458. The van der Waals surface area contributed by atoms with E-state index < -0.39 is 0 Å². The zero-order chi connectivity index (χ0) is 13.1. The van der Waals surface area contributed by atoms with Gasteiger partial charge < -0.3 is 15.2 Å². The number of amidine groups is 1. The highest BCUT2D eigenvalue weighted by atomic mass is 16.5. The maximum atomic E-state index is 9.86. The van der Waals surface area contributed by atoms with Crippen molar-refractivity contribution >= 4 is 5.84 Å². The molecule has 5 nitrogen and oxygen atoms in total. The number of benzene rings is 1. The van der Waals surface area contributed by atoms with E-state index in [1.165, 1.54) is 0 Å². The number of nitrogens with zero attached hydrogens (tertiary/aromatic N) is 2. The molecule has 1 atom stereocenters. The molecule has 2 rings (SSSR count). The normalized spacial score (nSPS) is 16.3. The van der Waals surface area contributed by atoms with Crippen molar-refractivity contribution in [2.24, 2.45) is 4.99 Å². The van der Waals surface area contributed by atoms with Gasteiger partial charge in [0.05, 0.1) is 19.7 Å². The summed E-state index contributed by atoms with van der Waals surface area (Å²) < 4.78 is 5.06. The molecule has 1 heterocycles. The van der Waals surface area contributed by atoms with Crippen LogP contribution in [0.5, 0.6) is 11.5 Å². The van der Waals surface area contributed by atoms with Crippen molar-refractivity contribution in [3.05, 3.63) is 23.8 Å². The van der Waals surface area contributed by atoms with E-state index in [1.807, 2.05) is 20.2 Å². The van der Waals surface area contributed by atoms with Crippen LogP contribution in [-0.2, 0) is 0 Å². The summed E-state index contributed by atoms with van der Waals surface area (Å²) in [5.74, 6) is 1.59. The standard InChI is InChI=1S/C13H19N3O2/c1-16(2)12(13-14-6-7-15-13)9-4-5-11(18-3)10(17)8-9/h4-5,8,12,17H,6-7H2,1-3H3,(H,14,15). The molecule has 98 valence electrons. The van der Waals surface area contributed by atoms with Gasteiger partial charge in [-0.15, -0.1) is 0 Å². The first-order valence-corrected chi connectivity index (χ1v) is 5.95. The van der Waals surface area contributed by atoms with E-state index in [0.717, 1.165) is 24.5 Å². The van der Waals surface area contributed by atoms with E-state index in [1.54, 1.807) is 19.2 Å². The van der Waals surface area contributed by atoms with E-state index in [4.69, 9.17) is 4.74 Å². The van der Waals surface area contributed by atoms with Gasteiger partial charge in [0.25, 0.3) is 0 Å². The number of phenolic OH excluding ortho intramolecular Hbond substituents is 1. The molecule has 18 heavy (non-hydrogen) atoms. The van der Waals surface area contributed by atoms with E-state index in [0.29, 0.717) is 5.75 Å². The Morgan fingerprint density at radius 2 is 2.22 bits per heavy atom. The lowest BCUT2D eigenvalue weighted by atomic mass is 10.0. The van der Waals surface area contributed by atoms with E-state index in [-0.39, 0.29) is 11.8 Å². The highest BCUT2D eigenvalue weighted by molar-refractivity contribution is 5.89. The average Bonchev–Trinajstić information content (AvgIpc) is 2.82. The fourth-order valence-electron chi connectivity index (χ4n) is 2.18. The lowest BCUT2D eigenvalue weighted by Gasteiger charge is -2.25. The van der Waals surface area contributed by atoms with Crippen LogP contribution in [0, 0.1) is 0 Å². The third-order valence-electron chi connectivity index (χ3n) is 2.99. The maximum absolute atomic E-state index is 9.86. The zero-order valence-corrected chi connectivity index (χ0v) is 11.0. The number of ether oxygens (including phenoxy) is 1. The van der Waals surface area contributed by atoms with Gasteiger partial charge in [0, 0.05) is 6.54 Å². The van der Waals surface area contributed by atoms with Crippen molar-refractivity contribution in [3.8, 4) is 11.5 Å². The molecule has 0 spiro atoms. The van der Waals surface area contributed by atoms with Crippen molar-refractivity contribution in [1.29, 1.82) is 0 Å². The molecule has 0 bridgehead atoms. The number of phenols is 1. The largest absolute Gasteiger partial charge is 0.504 e. The number of methoxy groups -OCH3 is 1. The van der Waals surface area contributed by atoms with Gasteiger partial charge in [-0.3, -0.25) is 9.89 Å². The van der Waals surface area contributed by atoms with Gasteiger partial charge in [-0.05, 0) is 31.8 Å². The van der Waals surface area contributed by atoms with Crippen LogP contribution in [0.1, 0.15) is 11.6 Å². The molecule has 0 saturated heterocycles. The number of rotatable bonds is 4. The lowest BCUT2D eigenvalue weighted by Crippen LogP contribution is -2.34. The summed E-state index contributed by atoms with van der Waals surface area (Å²) in [5.41, 5.74) is 0.992. The number of aromatic hydroxyl groups is 1. The zero-order valence-electron chi connectivity index (χ0n) is 11.0. The summed E-state index contributed by atoms with van der Waals surface area (Å²) in [5, 5.41) is 13.1. The van der Waals surface area contributed by atoms with Gasteiger partial charge in [0.15, 0.2) is 11.5 Å². The topological polar surface area (TPSA) is 57.1 Å². The first kappa shape index (κ1) is 12.7. The van der Waals surface area contributed by atoms with Gasteiger partial charge >= 0.3 is 0 Å². The Kier molecular flexibility index (Phi) is 3.72. The molecule has 0 radical (unpaired) electrons. The van der Waals surface area contributed by atoms with Crippen molar-refractivity contribution in [3.63, 3.8) is 0 Å². The van der Waals surface area contributed by atoms with Gasteiger partial charge in [-0.25, -0.2) is 0 Å². The first-order valence-electron chi connectivity index (χ1n) is 5.95. The average molecular weight is 249 g/mol. The quantitative estimate of drug-likeness (QED) is 0.836. The highest BCUT2D eigenvalue weighted by Gasteiger charge is 2.23. The summed E-state index contributed by atoms with van der Waals surface area (Å²) in [6, 6.07) is 5.48. The predicted octanol–water partition coefficient (Wildman–Crippen LogP) is 1.01. The highest BCUT2D eigenvalue weighted by Crippen LogP contribution is 2.30. The van der Waals surface area contributed by atoms with Crippen LogP contribution in [-0.4, -0.2) is 50.1 Å². The van der Waals surface area contributed by atoms with Gasteiger partial charge in [0.1, 0.15) is 5.84 Å². The fourth-order valence-corrected chi connectivity index (χ4v) is 2.18. The first-order chi connectivity index (χ1) is 8.63. The van der Waals surface area contributed by atoms with Crippen LogP contribution < -0.4 is 10.1 Å². The molecular formula is C13H19N3O2. The summed E-state index contributed by atoms with van der Waals surface area (Å²) in [7, 11) is 5.53. The number of hydrogen-bond donors (Lipinski definition) is 2. The molecule has 1 unspecified atom stereocenters. The molecular weight excluding hydrogens is 230 g/mol. The second-order valence-electron chi connectivity index (χ2n) is 4.49. The van der Waals surface area contributed by atoms with Crippen molar-refractivity contribution in [2.75, 3.05) is 34.3 Å². The van der Waals surface area contributed by atoms with Gasteiger partial charge in [0.2, 0.25) is 0 Å². The van der Waals surface area contributed by atoms with Crippen molar-refractivity contribution < 1.29 is 9.84 Å². The molecule has 1 aliphatic rings. The van der Waals surface area contributed by atoms with Gasteiger partial charge in [-0.1, -0.05) is 6.07 Å². The number of nitrogens with one attached hydrogen (secondary N) is 1. The van der Waals surface area contributed by atoms with Crippen molar-refractivity contribution in [2.45, 2.75) is 6.04 Å². The molecule has 0 aromatic heterocycles. The Balaban J connectivity index is 2.34. The monoisotopic (exact) mass is 249 g/mol. The molecule has 1 aromatic carbocycles. The third-order valence-corrected chi connectivity index (χ3v) is 2.99. The predicted molar refractivity (Wildman–Crippen MR) is 71.4 cm³/mol. The smallest absolute Gasteiger partial charge is 0.160 e. The van der Waals surface area contributed by atoms with E-state index in [2.05, 4.69) is 15.2 Å². The van der Waals surface area contributed by atoms with Crippen LogP contribution in [0.2, 0.25) is 0 Å². The summed E-state index contributed by atoms with van der Waals surface area (Å²) in [4.78, 5) is 6.52. The second-order valence-corrected chi connectivity index (χ2v) is 4.49. The summed E-state index contributed by atoms with van der Waals surface area (Å²) >= 11 is 0. The van der Waals surface area contributed by atoms with Crippen LogP contribution >= 0.6 is 0 Å². The Hall–Kier alpha value is -1.75. The minimum atomic E-state index is 0.0318. The third kappa shape index (κ3) is 2.41. The maximum Gasteiger partial charge on any atom is 0.160 e. The minimum absolute atomic E-state index is 0.0318. The van der Waals surface area contributed by atoms with Crippen LogP contribution in [0.15, 0.2) is 23.2 Å². The number of hydrogen-bond acceptors (Lipinski definition) is 5. The SMILES string of the molecule is COc1ccc(C(C2=NCCN2)N(C)C)cc1O. The molecule has 0 aliphatic carbocycles. The Labute approximate surface area is 107 Å². The molecule has 0 amide bonds. The molecule has 0 saturated carbocycles. The molecule has 2 N–H and O–H groups in total. The summed E-state index contributed by atoms with van der Waals surface area (Å²) in [6.07, 6.45) is 0. The summed E-state index contributed by atoms with van der Waals surface area (Å²) in [6.45, 7) is 1.68. The van der Waals surface area contributed by atoms with Gasteiger partial charge in [-0.2, -0.15) is 0 Å². The van der Waals surface area contributed by atoms with Crippen molar-refractivity contribution in [1.82, 2.24) is 10.2 Å². The van der Waals surface area contributed by atoms with Crippen LogP contribution in [0.3, 0.4) is 0 Å². The second kappa shape index (κ2) is 5.27. The number of aliphatic imine (C=N–C) groups is 1. The minimum Gasteiger partial charge on any atom is -0.504 e. The molecule has 5 heteroatoms. The van der Waals surface area contributed by atoms with E-state index in [9.17, 15) is 5.11 Å². The van der Waals surface area contributed by atoms with E-state index >= 15 is 0 Å².